The lowest BCUT2D eigenvalue weighted by Gasteiger charge is -2.27. The maximum absolute atomic E-state index is 12.5. The zero-order chi connectivity index (χ0) is 17.3. The highest BCUT2D eigenvalue weighted by Gasteiger charge is 2.25. The quantitative estimate of drug-likeness (QED) is 0.874. The summed E-state index contributed by atoms with van der Waals surface area (Å²) in [5.41, 5.74) is 0.708. The third-order valence-electron chi connectivity index (χ3n) is 3.70. The van der Waals surface area contributed by atoms with E-state index in [-0.39, 0.29) is 10.0 Å². The number of hydrogen-bond acceptors (Lipinski definition) is 6. The van der Waals surface area contributed by atoms with Crippen LogP contribution in [0.25, 0.3) is 0 Å². The van der Waals surface area contributed by atoms with Gasteiger partial charge in [0.1, 0.15) is 15.9 Å². The first-order valence-electron chi connectivity index (χ1n) is 7.39. The van der Waals surface area contributed by atoms with Gasteiger partial charge in [0.25, 0.3) is 10.0 Å². The maximum atomic E-state index is 12.5. The van der Waals surface area contributed by atoms with Gasteiger partial charge in [0.2, 0.25) is 0 Å². The van der Waals surface area contributed by atoms with Crippen molar-refractivity contribution in [2.24, 2.45) is 7.05 Å². The summed E-state index contributed by atoms with van der Waals surface area (Å²) in [7, 11) is -2.24. The molecule has 1 aliphatic heterocycles. The fourth-order valence-corrected chi connectivity index (χ4v) is 4.34. The summed E-state index contributed by atoms with van der Waals surface area (Å²) in [6, 6.07) is 3.45. The van der Waals surface area contributed by atoms with Crippen molar-refractivity contribution in [3.63, 3.8) is 0 Å². The van der Waals surface area contributed by atoms with E-state index in [2.05, 4.69) is 19.7 Å². The van der Waals surface area contributed by atoms with E-state index in [0.29, 0.717) is 24.6 Å². The average molecular weight is 372 g/mol. The van der Waals surface area contributed by atoms with Gasteiger partial charge in [-0.15, -0.1) is 0 Å². The van der Waals surface area contributed by atoms with Crippen LogP contribution in [0.3, 0.4) is 0 Å². The second kappa shape index (κ2) is 6.58. The number of rotatable bonds is 4. The van der Waals surface area contributed by atoms with E-state index < -0.39 is 10.0 Å². The average Bonchev–Trinajstić information content (AvgIpc) is 2.81. The number of hydrogen-bond donors (Lipinski definition) is 1. The second-order valence-electron chi connectivity index (χ2n) is 5.44. The zero-order valence-corrected chi connectivity index (χ0v) is 14.9. The van der Waals surface area contributed by atoms with Crippen molar-refractivity contribution >= 4 is 33.1 Å². The van der Waals surface area contributed by atoms with Crippen molar-refractivity contribution in [1.82, 2.24) is 14.8 Å². The van der Waals surface area contributed by atoms with Crippen molar-refractivity contribution in [2.75, 3.05) is 35.9 Å². The number of halogens is 1. The van der Waals surface area contributed by atoms with Gasteiger partial charge in [0.05, 0.1) is 30.8 Å². The van der Waals surface area contributed by atoms with E-state index in [0.717, 1.165) is 18.9 Å². The Bertz CT molecular complexity index is 829. The van der Waals surface area contributed by atoms with Crippen LogP contribution in [0.1, 0.15) is 5.69 Å². The minimum absolute atomic E-state index is 0.0241. The molecule has 0 amide bonds. The molecule has 24 heavy (non-hydrogen) atoms. The van der Waals surface area contributed by atoms with Crippen LogP contribution < -0.4 is 9.62 Å². The second-order valence-corrected chi connectivity index (χ2v) is 7.42. The van der Waals surface area contributed by atoms with Crippen molar-refractivity contribution < 1.29 is 13.2 Å². The lowest BCUT2D eigenvalue weighted by atomic mass is 10.3. The van der Waals surface area contributed by atoms with Crippen molar-refractivity contribution in [2.45, 2.75) is 11.8 Å². The van der Waals surface area contributed by atoms with Gasteiger partial charge < -0.3 is 9.64 Å². The van der Waals surface area contributed by atoms with Gasteiger partial charge in [-0.3, -0.25) is 9.40 Å². The minimum Gasteiger partial charge on any atom is -0.378 e. The molecule has 0 aromatic carbocycles. The Morgan fingerprint density at radius 3 is 2.54 bits per heavy atom. The number of ether oxygens (including phenoxy) is 1. The molecule has 0 aliphatic carbocycles. The molecule has 130 valence electrons. The molecule has 0 saturated carbocycles. The first kappa shape index (κ1) is 17.0. The zero-order valence-electron chi connectivity index (χ0n) is 13.4. The van der Waals surface area contributed by atoms with Gasteiger partial charge in [0.15, 0.2) is 0 Å². The Labute approximate surface area is 145 Å². The molecule has 1 N–H and O–H groups in total. The first-order valence-corrected chi connectivity index (χ1v) is 9.25. The topological polar surface area (TPSA) is 89.4 Å². The van der Waals surface area contributed by atoms with Gasteiger partial charge in [-0.2, -0.15) is 5.10 Å². The fraction of sp³-hybridized carbons (Fsp3) is 0.429. The van der Waals surface area contributed by atoms with Crippen LogP contribution in [0.15, 0.2) is 23.2 Å². The number of pyridine rings is 1. The SMILES string of the molecule is Cc1nn(C)c(Cl)c1S(=O)(=O)Nc1ccc(N2CCOCC2)nc1. The largest absolute Gasteiger partial charge is 0.378 e. The monoisotopic (exact) mass is 371 g/mol. The summed E-state index contributed by atoms with van der Waals surface area (Å²) in [5.74, 6) is 0.789. The highest BCUT2D eigenvalue weighted by molar-refractivity contribution is 7.92. The molecule has 0 unspecified atom stereocenters. The van der Waals surface area contributed by atoms with Gasteiger partial charge in [0, 0.05) is 20.1 Å². The van der Waals surface area contributed by atoms with E-state index in [1.807, 2.05) is 0 Å². The fourth-order valence-electron chi connectivity index (χ4n) is 2.55. The Kier molecular flexibility index (Phi) is 4.66. The molecule has 3 rings (SSSR count). The summed E-state index contributed by atoms with van der Waals surface area (Å²) >= 11 is 6.04. The van der Waals surface area contributed by atoms with E-state index in [1.165, 1.54) is 10.9 Å². The van der Waals surface area contributed by atoms with Crippen LogP contribution in [-0.2, 0) is 21.8 Å². The molecule has 0 radical (unpaired) electrons. The predicted octanol–water partition coefficient (Wildman–Crippen LogP) is 1.41. The van der Waals surface area contributed by atoms with Gasteiger partial charge in [-0.05, 0) is 19.1 Å². The van der Waals surface area contributed by atoms with Crippen LogP contribution >= 0.6 is 11.6 Å². The number of sulfonamides is 1. The summed E-state index contributed by atoms with van der Waals surface area (Å²) in [4.78, 5) is 6.38. The molecule has 1 aliphatic rings. The van der Waals surface area contributed by atoms with E-state index in [9.17, 15) is 8.42 Å². The number of nitrogens with one attached hydrogen (secondary N) is 1. The lowest BCUT2D eigenvalue weighted by Crippen LogP contribution is -2.36. The number of aromatic nitrogens is 3. The highest BCUT2D eigenvalue weighted by atomic mass is 35.5. The molecule has 1 saturated heterocycles. The van der Waals surface area contributed by atoms with E-state index >= 15 is 0 Å². The van der Waals surface area contributed by atoms with Crippen LogP contribution in [0.2, 0.25) is 5.15 Å². The summed E-state index contributed by atoms with van der Waals surface area (Å²) in [5, 5.41) is 4.09. The Morgan fingerprint density at radius 2 is 2.00 bits per heavy atom. The molecule has 0 spiro atoms. The Hall–Kier alpha value is -1.84. The Balaban J connectivity index is 1.80. The number of morpholine rings is 1. The lowest BCUT2D eigenvalue weighted by molar-refractivity contribution is 0.122. The molecule has 2 aromatic heterocycles. The van der Waals surface area contributed by atoms with E-state index in [1.54, 1.807) is 26.1 Å². The molecule has 3 heterocycles. The smallest absolute Gasteiger partial charge is 0.266 e. The van der Waals surface area contributed by atoms with Gasteiger partial charge >= 0.3 is 0 Å². The number of anilines is 2. The van der Waals surface area contributed by atoms with Crippen LogP contribution in [-0.4, -0.2) is 49.5 Å². The molecular formula is C14H18ClN5O3S. The van der Waals surface area contributed by atoms with Gasteiger partial charge in [-0.25, -0.2) is 13.4 Å². The highest BCUT2D eigenvalue weighted by Crippen LogP contribution is 2.26. The number of nitrogens with zero attached hydrogens (tertiary/aromatic N) is 4. The maximum Gasteiger partial charge on any atom is 0.266 e. The van der Waals surface area contributed by atoms with Crippen LogP contribution in [0.4, 0.5) is 11.5 Å². The predicted molar refractivity (Wildman–Crippen MR) is 91.0 cm³/mol. The minimum atomic E-state index is -3.83. The first-order chi connectivity index (χ1) is 11.4. The van der Waals surface area contributed by atoms with Crippen molar-refractivity contribution in [3.05, 3.63) is 29.2 Å². The molecule has 0 bridgehead atoms. The third kappa shape index (κ3) is 3.33. The third-order valence-corrected chi connectivity index (χ3v) is 5.78. The molecule has 1 fully saturated rings. The molecule has 0 atom stereocenters. The van der Waals surface area contributed by atoms with E-state index in [4.69, 9.17) is 16.3 Å². The summed E-state index contributed by atoms with van der Waals surface area (Å²) < 4.78 is 34.2. The van der Waals surface area contributed by atoms with Crippen molar-refractivity contribution in [1.29, 1.82) is 0 Å². The standard InChI is InChI=1S/C14H18ClN5O3S/c1-10-13(14(15)19(2)17-10)24(21,22)18-11-3-4-12(16-9-11)20-5-7-23-8-6-20/h3-4,9,18H,5-8H2,1-2H3. The molecule has 8 nitrogen and oxygen atoms in total. The van der Waals surface area contributed by atoms with Crippen LogP contribution in [0.5, 0.6) is 0 Å². The molecule has 2 aromatic rings. The molecular weight excluding hydrogens is 354 g/mol. The Morgan fingerprint density at radius 1 is 1.29 bits per heavy atom. The molecule has 10 heteroatoms. The van der Waals surface area contributed by atoms with Crippen molar-refractivity contribution in [3.8, 4) is 0 Å². The van der Waals surface area contributed by atoms with Crippen LogP contribution in [0, 0.1) is 6.92 Å². The normalized spacial score (nSPS) is 15.5. The number of aryl methyl sites for hydroxylation is 2. The summed E-state index contributed by atoms with van der Waals surface area (Å²) in [6.07, 6.45) is 1.49. The van der Waals surface area contributed by atoms with Gasteiger partial charge in [-0.1, -0.05) is 11.6 Å². The summed E-state index contributed by atoms with van der Waals surface area (Å²) in [6.45, 7) is 4.45.